The predicted molar refractivity (Wildman–Crippen MR) is 105 cm³/mol. The van der Waals surface area contributed by atoms with E-state index in [4.69, 9.17) is 16.3 Å². The first kappa shape index (κ1) is 18.1. The number of amides is 1. The summed E-state index contributed by atoms with van der Waals surface area (Å²) in [5.41, 5.74) is 2.94. The molecule has 0 aliphatic heterocycles. The molecule has 0 spiro atoms. The Balaban J connectivity index is 1.80. The number of carbonyl (C=O) groups is 1. The molecule has 0 unspecified atom stereocenters. The van der Waals surface area contributed by atoms with Crippen LogP contribution in [-0.2, 0) is 4.79 Å². The molecule has 5 heteroatoms. The second-order valence-electron chi connectivity index (χ2n) is 6.10. The number of hydrogen-bond donors (Lipinski definition) is 1. The lowest BCUT2D eigenvalue weighted by atomic mass is 9.98. The van der Waals surface area contributed by atoms with Gasteiger partial charge >= 0.3 is 0 Å². The number of hydrogen-bond acceptors (Lipinski definition) is 2. The van der Waals surface area contributed by atoms with Crippen LogP contribution in [0.1, 0.15) is 23.6 Å². The minimum Gasteiger partial charge on any atom is -0.495 e. The normalized spacial score (nSPS) is 11.8. The molecule has 1 atom stereocenters. The maximum atomic E-state index is 12.7. The molecule has 3 aromatic rings. The Labute approximate surface area is 158 Å². The molecular weight excluding hydrogens is 348 g/mol. The van der Waals surface area contributed by atoms with Crippen LogP contribution < -0.4 is 10.1 Å². The summed E-state index contributed by atoms with van der Waals surface area (Å²) in [6, 6.07) is 17.2. The van der Waals surface area contributed by atoms with Crippen LogP contribution in [0, 0.1) is 6.92 Å². The van der Waals surface area contributed by atoms with Gasteiger partial charge in [-0.15, -0.1) is 0 Å². The van der Waals surface area contributed by atoms with Gasteiger partial charge in [0.2, 0.25) is 5.91 Å². The van der Waals surface area contributed by atoms with Crippen molar-refractivity contribution in [3.8, 4) is 5.75 Å². The number of benzene rings is 2. The quantitative estimate of drug-likeness (QED) is 0.659. The van der Waals surface area contributed by atoms with E-state index in [0.29, 0.717) is 22.9 Å². The summed E-state index contributed by atoms with van der Waals surface area (Å²) in [7, 11) is 1.56. The zero-order valence-corrected chi connectivity index (χ0v) is 15.5. The Hall–Kier alpha value is -2.72. The highest BCUT2D eigenvalue weighted by molar-refractivity contribution is 6.32. The van der Waals surface area contributed by atoms with Crippen molar-refractivity contribution in [2.45, 2.75) is 19.4 Å². The van der Waals surface area contributed by atoms with E-state index < -0.39 is 0 Å². The summed E-state index contributed by atoms with van der Waals surface area (Å²) >= 11 is 6.14. The lowest BCUT2D eigenvalue weighted by Gasteiger charge is -2.21. The van der Waals surface area contributed by atoms with Gasteiger partial charge in [-0.1, -0.05) is 35.9 Å². The highest BCUT2D eigenvalue weighted by Crippen LogP contribution is 2.29. The molecule has 1 N–H and O–H groups in total. The number of rotatable bonds is 6. The third kappa shape index (κ3) is 4.09. The predicted octanol–water partition coefficient (Wildman–Crippen LogP) is 5.08. The van der Waals surface area contributed by atoms with Gasteiger partial charge in [-0.2, -0.15) is 0 Å². The third-order valence-corrected chi connectivity index (χ3v) is 4.64. The first-order chi connectivity index (χ1) is 12.6. The number of carbonyl (C=O) groups excluding carboxylic acids is 1. The molecule has 0 aliphatic rings. The Kier molecular flexibility index (Phi) is 5.64. The van der Waals surface area contributed by atoms with Crippen LogP contribution >= 0.6 is 11.6 Å². The molecule has 1 aromatic heterocycles. The van der Waals surface area contributed by atoms with E-state index in [2.05, 4.69) is 28.9 Å². The number of anilines is 1. The van der Waals surface area contributed by atoms with Crippen LogP contribution in [0.4, 0.5) is 5.69 Å². The Morgan fingerprint density at radius 2 is 1.88 bits per heavy atom. The van der Waals surface area contributed by atoms with E-state index in [1.165, 1.54) is 0 Å². The zero-order valence-electron chi connectivity index (χ0n) is 14.8. The van der Waals surface area contributed by atoms with Crippen LogP contribution in [0.2, 0.25) is 5.02 Å². The molecule has 2 aromatic carbocycles. The van der Waals surface area contributed by atoms with E-state index in [1.807, 2.05) is 36.7 Å². The third-order valence-electron chi connectivity index (χ3n) is 4.35. The van der Waals surface area contributed by atoms with Gasteiger partial charge in [0.25, 0.3) is 0 Å². The summed E-state index contributed by atoms with van der Waals surface area (Å²) in [6.07, 6.45) is 4.28. The fourth-order valence-corrected chi connectivity index (χ4v) is 3.28. The molecule has 0 bridgehead atoms. The van der Waals surface area contributed by atoms with Gasteiger partial charge in [0.05, 0.1) is 24.6 Å². The number of ether oxygens (including phenoxy) is 1. The standard InChI is InChI=1S/C21H21ClN2O2/c1-15-7-3-4-8-17(15)19(24-11-5-6-12-24)14-21(25)23-16-9-10-20(26-2)18(22)13-16/h3-13,19H,14H2,1-2H3,(H,23,25)/t19-/m0/s1. The largest absolute Gasteiger partial charge is 0.495 e. The van der Waals surface area contributed by atoms with Crippen molar-refractivity contribution in [2.75, 3.05) is 12.4 Å². The van der Waals surface area contributed by atoms with Crippen molar-refractivity contribution >= 4 is 23.2 Å². The molecule has 3 rings (SSSR count). The molecule has 4 nitrogen and oxygen atoms in total. The minimum atomic E-state index is -0.0758. The van der Waals surface area contributed by atoms with Gasteiger partial charge in [-0.3, -0.25) is 4.79 Å². The topological polar surface area (TPSA) is 43.3 Å². The lowest BCUT2D eigenvalue weighted by Crippen LogP contribution is -2.20. The zero-order chi connectivity index (χ0) is 18.5. The lowest BCUT2D eigenvalue weighted by molar-refractivity contribution is -0.116. The first-order valence-corrected chi connectivity index (χ1v) is 8.77. The van der Waals surface area contributed by atoms with Crippen LogP contribution in [0.3, 0.4) is 0 Å². The van der Waals surface area contributed by atoms with E-state index >= 15 is 0 Å². The number of nitrogens with zero attached hydrogens (tertiary/aromatic N) is 1. The molecular formula is C21H21ClN2O2. The molecule has 1 heterocycles. The number of halogens is 1. The number of methoxy groups -OCH3 is 1. The van der Waals surface area contributed by atoms with E-state index in [0.717, 1.165) is 11.1 Å². The monoisotopic (exact) mass is 368 g/mol. The van der Waals surface area contributed by atoms with Crippen molar-refractivity contribution in [1.29, 1.82) is 0 Å². The van der Waals surface area contributed by atoms with Crippen LogP contribution in [-0.4, -0.2) is 17.6 Å². The molecule has 0 saturated carbocycles. The molecule has 26 heavy (non-hydrogen) atoms. The van der Waals surface area contributed by atoms with E-state index in [9.17, 15) is 4.79 Å². The van der Waals surface area contributed by atoms with Gasteiger partial charge in [0, 0.05) is 18.1 Å². The number of nitrogens with one attached hydrogen (secondary N) is 1. The molecule has 134 valence electrons. The summed E-state index contributed by atoms with van der Waals surface area (Å²) in [6.45, 7) is 2.06. The fraction of sp³-hybridized carbons (Fsp3) is 0.190. The maximum absolute atomic E-state index is 12.7. The summed E-state index contributed by atoms with van der Waals surface area (Å²) in [5.74, 6) is 0.503. The van der Waals surface area contributed by atoms with Crippen LogP contribution in [0.25, 0.3) is 0 Å². The van der Waals surface area contributed by atoms with Crippen LogP contribution in [0.5, 0.6) is 5.75 Å². The average molecular weight is 369 g/mol. The van der Waals surface area contributed by atoms with Crippen molar-refractivity contribution < 1.29 is 9.53 Å². The van der Waals surface area contributed by atoms with E-state index in [-0.39, 0.29) is 11.9 Å². The van der Waals surface area contributed by atoms with Crippen molar-refractivity contribution in [3.63, 3.8) is 0 Å². The Morgan fingerprint density at radius 3 is 2.54 bits per heavy atom. The molecule has 0 fully saturated rings. The number of aromatic nitrogens is 1. The Morgan fingerprint density at radius 1 is 1.15 bits per heavy atom. The van der Waals surface area contributed by atoms with Crippen molar-refractivity contribution in [2.24, 2.45) is 0 Å². The van der Waals surface area contributed by atoms with E-state index in [1.54, 1.807) is 25.3 Å². The number of aryl methyl sites for hydroxylation is 1. The second kappa shape index (κ2) is 8.11. The van der Waals surface area contributed by atoms with Gasteiger partial charge in [-0.25, -0.2) is 0 Å². The Bertz CT molecular complexity index is 891. The average Bonchev–Trinajstić information content (AvgIpc) is 3.15. The maximum Gasteiger partial charge on any atom is 0.226 e. The van der Waals surface area contributed by atoms with Gasteiger partial charge in [0.1, 0.15) is 5.75 Å². The molecule has 0 saturated heterocycles. The fourth-order valence-electron chi connectivity index (χ4n) is 3.02. The van der Waals surface area contributed by atoms with Gasteiger partial charge in [0.15, 0.2) is 0 Å². The SMILES string of the molecule is COc1ccc(NC(=O)C[C@@H](c2ccccc2C)n2cccc2)cc1Cl. The molecule has 0 aliphatic carbocycles. The molecule has 1 amide bonds. The van der Waals surface area contributed by atoms with Gasteiger partial charge < -0.3 is 14.6 Å². The first-order valence-electron chi connectivity index (χ1n) is 8.40. The summed E-state index contributed by atoms with van der Waals surface area (Å²) < 4.78 is 7.20. The van der Waals surface area contributed by atoms with Gasteiger partial charge in [-0.05, 0) is 48.4 Å². The van der Waals surface area contributed by atoms with Crippen molar-refractivity contribution in [3.05, 3.63) is 83.1 Å². The minimum absolute atomic E-state index is 0.0695. The second-order valence-corrected chi connectivity index (χ2v) is 6.51. The highest BCUT2D eigenvalue weighted by atomic mass is 35.5. The summed E-state index contributed by atoms with van der Waals surface area (Å²) in [4.78, 5) is 12.7. The van der Waals surface area contributed by atoms with Crippen molar-refractivity contribution in [1.82, 2.24) is 4.57 Å². The summed E-state index contributed by atoms with van der Waals surface area (Å²) in [5, 5.41) is 3.39. The highest BCUT2D eigenvalue weighted by Gasteiger charge is 2.19. The smallest absolute Gasteiger partial charge is 0.226 e. The molecule has 0 radical (unpaired) electrons. The van der Waals surface area contributed by atoms with Crippen LogP contribution in [0.15, 0.2) is 67.0 Å².